The lowest BCUT2D eigenvalue weighted by molar-refractivity contribution is 0.632. The number of aryl methyl sites for hydroxylation is 1. The van der Waals surface area contributed by atoms with E-state index in [4.69, 9.17) is 11.6 Å². The lowest BCUT2D eigenvalue weighted by atomic mass is 9.99. The molecule has 0 aliphatic carbocycles. The van der Waals surface area contributed by atoms with Gasteiger partial charge >= 0.3 is 0 Å². The second-order valence-electron chi connectivity index (χ2n) is 5.02. The van der Waals surface area contributed by atoms with Gasteiger partial charge in [0.05, 0.1) is 0 Å². The molecule has 0 saturated heterocycles. The molecular weight excluding hydrogens is 283 g/mol. The molecular formula is C19H14ClF. The molecule has 0 radical (unpaired) electrons. The van der Waals surface area contributed by atoms with Crippen LogP contribution >= 0.6 is 11.6 Å². The van der Waals surface area contributed by atoms with Gasteiger partial charge in [0.2, 0.25) is 0 Å². The van der Waals surface area contributed by atoms with Crippen LogP contribution in [0.4, 0.5) is 4.39 Å². The van der Waals surface area contributed by atoms with Crippen molar-refractivity contribution >= 4 is 11.6 Å². The lowest BCUT2D eigenvalue weighted by Gasteiger charge is -2.08. The first-order valence-corrected chi connectivity index (χ1v) is 7.14. The van der Waals surface area contributed by atoms with Gasteiger partial charge < -0.3 is 0 Å². The molecule has 0 unspecified atom stereocenters. The second-order valence-corrected chi connectivity index (χ2v) is 5.43. The molecule has 0 nitrogen and oxygen atoms in total. The van der Waals surface area contributed by atoms with E-state index in [1.807, 2.05) is 55.5 Å². The molecule has 3 aromatic rings. The fraction of sp³-hybridized carbons (Fsp3) is 0.0526. The monoisotopic (exact) mass is 296 g/mol. The first-order valence-electron chi connectivity index (χ1n) is 6.76. The van der Waals surface area contributed by atoms with Gasteiger partial charge in [-0.15, -0.1) is 0 Å². The smallest absolute Gasteiger partial charge is 0.131 e. The van der Waals surface area contributed by atoms with Gasteiger partial charge in [0.15, 0.2) is 0 Å². The Morgan fingerprint density at radius 1 is 0.762 bits per heavy atom. The zero-order chi connectivity index (χ0) is 14.8. The molecule has 0 aliphatic heterocycles. The highest BCUT2D eigenvalue weighted by atomic mass is 35.5. The minimum Gasteiger partial charge on any atom is -0.206 e. The minimum absolute atomic E-state index is 0.240. The third kappa shape index (κ3) is 2.84. The third-order valence-corrected chi connectivity index (χ3v) is 3.97. The SMILES string of the molecule is Cc1ccc(-c2ccc(-c3ccccc3)cc2F)cc1Cl. The third-order valence-electron chi connectivity index (χ3n) is 3.56. The van der Waals surface area contributed by atoms with Crippen molar-refractivity contribution in [2.24, 2.45) is 0 Å². The molecule has 3 rings (SSSR count). The molecule has 0 amide bonds. The van der Waals surface area contributed by atoms with E-state index >= 15 is 0 Å². The first-order chi connectivity index (χ1) is 10.1. The lowest BCUT2D eigenvalue weighted by Crippen LogP contribution is -1.87. The highest BCUT2D eigenvalue weighted by Gasteiger charge is 2.08. The number of hydrogen-bond donors (Lipinski definition) is 0. The maximum absolute atomic E-state index is 14.4. The summed E-state index contributed by atoms with van der Waals surface area (Å²) in [5.41, 5.74) is 4.22. The average Bonchev–Trinajstić information content (AvgIpc) is 2.51. The molecule has 0 bridgehead atoms. The summed E-state index contributed by atoms with van der Waals surface area (Å²) in [6.45, 7) is 1.93. The van der Waals surface area contributed by atoms with Gasteiger partial charge in [0.1, 0.15) is 5.82 Å². The Hall–Kier alpha value is -2.12. The fourth-order valence-corrected chi connectivity index (χ4v) is 2.50. The second kappa shape index (κ2) is 5.71. The van der Waals surface area contributed by atoms with Crippen molar-refractivity contribution in [3.63, 3.8) is 0 Å². The molecule has 0 N–H and O–H groups in total. The van der Waals surface area contributed by atoms with Crippen LogP contribution in [0.1, 0.15) is 5.56 Å². The van der Waals surface area contributed by atoms with Crippen LogP contribution in [0.3, 0.4) is 0 Å². The van der Waals surface area contributed by atoms with Crippen molar-refractivity contribution in [3.8, 4) is 22.3 Å². The van der Waals surface area contributed by atoms with E-state index < -0.39 is 0 Å². The molecule has 0 saturated carbocycles. The predicted molar refractivity (Wildman–Crippen MR) is 87.0 cm³/mol. The Kier molecular flexibility index (Phi) is 3.76. The summed E-state index contributed by atoms with van der Waals surface area (Å²) in [5.74, 6) is -0.240. The molecule has 2 heteroatoms. The predicted octanol–water partition coefficient (Wildman–Crippen LogP) is 6.12. The van der Waals surface area contributed by atoms with Crippen molar-refractivity contribution in [1.82, 2.24) is 0 Å². The van der Waals surface area contributed by atoms with E-state index in [2.05, 4.69) is 0 Å². The van der Waals surface area contributed by atoms with E-state index in [1.54, 1.807) is 18.2 Å². The van der Waals surface area contributed by atoms with Crippen LogP contribution in [0.25, 0.3) is 22.3 Å². The van der Waals surface area contributed by atoms with Crippen LogP contribution in [-0.2, 0) is 0 Å². The standard InChI is InChI=1S/C19H14ClF/c1-13-7-8-16(11-18(13)20)17-10-9-15(12-19(17)21)14-5-3-2-4-6-14/h2-12H,1H3. The van der Waals surface area contributed by atoms with E-state index in [9.17, 15) is 4.39 Å². The molecule has 21 heavy (non-hydrogen) atoms. The number of halogens is 2. The Balaban J connectivity index is 2.04. The molecule has 0 heterocycles. The van der Waals surface area contributed by atoms with Crippen molar-refractivity contribution in [2.75, 3.05) is 0 Å². The van der Waals surface area contributed by atoms with Gasteiger partial charge in [-0.3, -0.25) is 0 Å². The largest absolute Gasteiger partial charge is 0.206 e. The maximum Gasteiger partial charge on any atom is 0.131 e. The van der Waals surface area contributed by atoms with Gasteiger partial charge in [-0.05, 0) is 41.3 Å². The average molecular weight is 297 g/mol. The molecule has 0 atom stereocenters. The molecule has 0 aliphatic rings. The number of rotatable bonds is 2. The Labute approximate surface area is 128 Å². The van der Waals surface area contributed by atoms with E-state index in [0.29, 0.717) is 10.6 Å². The zero-order valence-corrected chi connectivity index (χ0v) is 12.4. The van der Waals surface area contributed by atoms with Crippen LogP contribution in [0.15, 0.2) is 66.7 Å². The number of benzene rings is 3. The van der Waals surface area contributed by atoms with Crippen molar-refractivity contribution in [1.29, 1.82) is 0 Å². The van der Waals surface area contributed by atoms with Gasteiger partial charge in [-0.1, -0.05) is 66.2 Å². The van der Waals surface area contributed by atoms with Crippen LogP contribution in [0.5, 0.6) is 0 Å². The van der Waals surface area contributed by atoms with E-state index in [0.717, 1.165) is 22.3 Å². The summed E-state index contributed by atoms with van der Waals surface area (Å²) in [4.78, 5) is 0. The van der Waals surface area contributed by atoms with Gasteiger partial charge in [0.25, 0.3) is 0 Å². The summed E-state index contributed by atoms with van der Waals surface area (Å²) >= 11 is 6.12. The number of hydrogen-bond acceptors (Lipinski definition) is 0. The fourth-order valence-electron chi connectivity index (χ4n) is 2.32. The molecule has 0 fully saturated rings. The topological polar surface area (TPSA) is 0 Å². The Morgan fingerprint density at radius 3 is 2.14 bits per heavy atom. The molecule has 0 spiro atoms. The van der Waals surface area contributed by atoms with Crippen molar-refractivity contribution in [3.05, 3.63) is 83.1 Å². The van der Waals surface area contributed by atoms with Gasteiger partial charge in [0, 0.05) is 10.6 Å². The van der Waals surface area contributed by atoms with Crippen LogP contribution in [0, 0.1) is 12.7 Å². The zero-order valence-electron chi connectivity index (χ0n) is 11.6. The Morgan fingerprint density at radius 2 is 1.48 bits per heavy atom. The van der Waals surface area contributed by atoms with Crippen LogP contribution in [0.2, 0.25) is 5.02 Å². The van der Waals surface area contributed by atoms with Crippen molar-refractivity contribution in [2.45, 2.75) is 6.92 Å². The minimum atomic E-state index is -0.240. The maximum atomic E-state index is 14.4. The summed E-state index contributed by atoms with van der Waals surface area (Å²) in [6.07, 6.45) is 0. The van der Waals surface area contributed by atoms with Crippen LogP contribution in [-0.4, -0.2) is 0 Å². The summed E-state index contributed by atoms with van der Waals surface area (Å²) in [5, 5.41) is 0.652. The Bertz CT molecular complexity index is 779. The van der Waals surface area contributed by atoms with Gasteiger partial charge in [-0.2, -0.15) is 0 Å². The highest BCUT2D eigenvalue weighted by molar-refractivity contribution is 6.31. The molecule has 3 aromatic carbocycles. The highest BCUT2D eigenvalue weighted by Crippen LogP contribution is 2.30. The quantitative estimate of drug-likeness (QED) is 0.534. The van der Waals surface area contributed by atoms with E-state index in [-0.39, 0.29) is 5.82 Å². The normalized spacial score (nSPS) is 10.6. The van der Waals surface area contributed by atoms with E-state index in [1.165, 1.54) is 0 Å². The van der Waals surface area contributed by atoms with Gasteiger partial charge in [-0.25, -0.2) is 4.39 Å². The molecule has 0 aromatic heterocycles. The molecule has 104 valence electrons. The summed E-state index contributed by atoms with van der Waals surface area (Å²) < 4.78 is 14.4. The summed E-state index contributed by atoms with van der Waals surface area (Å²) in [7, 11) is 0. The van der Waals surface area contributed by atoms with Crippen molar-refractivity contribution < 1.29 is 4.39 Å². The first kappa shape index (κ1) is 13.8. The van der Waals surface area contributed by atoms with Crippen LogP contribution < -0.4 is 0 Å². The summed E-state index contributed by atoms with van der Waals surface area (Å²) in [6, 6.07) is 20.7.